The molecule has 8 nitrogen and oxygen atoms in total. The number of rotatable bonds is 5. The lowest BCUT2D eigenvalue weighted by Crippen LogP contribution is -2.57. The van der Waals surface area contributed by atoms with Crippen LogP contribution in [0.2, 0.25) is 0 Å². The van der Waals surface area contributed by atoms with E-state index in [1.807, 2.05) is 0 Å². The Bertz CT molecular complexity index is 398. The van der Waals surface area contributed by atoms with Gasteiger partial charge in [-0.25, -0.2) is 9.59 Å². The fourth-order valence-electron chi connectivity index (χ4n) is 2.13. The standard InChI is InChI=1S/C13H22N2O6/c1-8(2)11(12(18)20-3)14-13(19)15-4-5-21-7-9(15)6-10(16)17/h8-9,11H,4-7H2,1-3H3,(H,14,19)(H,16,17). The fourth-order valence-corrected chi connectivity index (χ4v) is 2.13. The van der Waals surface area contributed by atoms with Gasteiger partial charge in [-0.15, -0.1) is 0 Å². The van der Waals surface area contributed by atoms with Gasteiger partial charge in [0.05, 0.1) is 32.8 Å². The third-order valence-corrected chi connectivity index (χ3v) is 3.30. The number of carbonyl (C=O) groups excluding carboxylic acids is 2. The lowest BCUT2D eigenvalue weighted by atomic mass is 10.0. The summed E-state index contributed by atoms with van der Waals surface area (Å²) in [6, 6.07) is -1.79. The molecule has 0 aliphatic carbocycles. The molecule has 0 radical (unpaired) electrons. The zero-order chi connectivity index (χ0) is 16.0. The summed E-state index contributed by atoms with van der Waals surface area (Å²) in [5.41, 5.74) is 0. The summed E-state index contributed by atoms with van der Waals surface area (Å²) >= 11 is 0. The molecule has 2 amide bonds. The maximum Gasteiger partial charge on any atom is 0.328 e. The van der Waals surface area contributed by atoms with Gasteiger partial charge in [0.1, 0.15) is 6.04 Å². The molecule has 2 N–H and O–H groups in total. The van der Waals surface area contributed by atoms with Gasteiger partial charge >= 0.3 is 18.0 Å². The number of esters is 1. The molecule has 2 atom stereocenters. The van der Waals surface area contributed by atoms with Crippen LogP contribution in [0.3, 0.4) is 0 Å². The second-order valence-electron chi connectivity index (χ2n) is 5.21. The lowest BCUT2D eigenvalue weighted by molar-refractivity contribution is -0.144. The molecular formula is C13H22N2O6. The molecule has 1 fully saturated rings. The first-order chi connectivity index (χ1) is 9.86. The predicted molar refractivity (Wildman–Crippen MR) is 72.7 cm³/mol. The molecule has 0 saturated carbocycles. The minimum Gasteiger partial charge on any atom is -0.481 e. The Morgan fingerprint density at radius 1 is 1.43 bits per heavy atom. The Morgan fingerprint density at radius 2 is 2.10 bits per heavy atom. The van der Waals surface area contributed by atoms with Gasteiger partial charge < -0.3 is 24.8 Å². The molecule has 1 rings (SSSR count). The number of nitrogens with one attached hydrogen (secondary N) is 1. The normalized spacial score (nSPS) is 20.0. The Balaban J connectivity index is 2.74. The molecule has 0 aromatic carbocycles. The van der Waals surface area contributed by atoms with Crippen LogP contribution < -0.4 is 5.32 Å². The second kappa shape index (κ2) is 7.82. The van der Waals surface area contributed by atoms with Crippen molar-refractivity contribution >= 4 is 18.0 Å². The zero-order valence-corrected chi connectivity index (χ0v) is 12.5. The number of carboxylic acid groups (broad SMARTS) is 1. The van der Waals surface area contributed by atoms with E-state index in [0.29, 0.717) is 6.61 Å². The van der Waals surface area contributed by atoms with E-state index in [1.165, 1.54) is 12.0 Å². The lowest BCUT2D eigenvalue weighted by Gasteiger charge is -2.36. The monoisotopic (exact) mass is 302 g/mol. The number of hydrogen-bond acceptors (Lipinski definition) is 5. The summed E-state index contributed by atoms with van der Waals surface area (Å²) in [6.07, 6.45) is -0.196. The minimum atomic E-state index is -1.00. The van der Waals surface area contributed by atoms with Crippen LogP contribution in [0.1, 0.15) is 20.3 Å². The van der Waals surface area contributed by atoms with E-state index >= 15 is 0 Å². The van der Waals surface area contributed by atoms with E-state index in [4.69, 9.17) is 9.84 Å². The van der Waals surface area contributed by atoms with Crippen LogP contribution >= 0.6 is 0 Å². The zero-order valence-electron chi connectivity index (χ0n) is 12.5. The number of amides is 2. The van der Waals surface area contributed by atoms with Gasteiger partial charge in [0.25, 0.3) is 0 Å². The average Bonchev–Trinajstić information content (AvgIpc) is 2.43. The van der Waals surface area contributed by atoms with Crippen molar-refractivity contribution < 1.29 is 29.0 Å². The SMILES string of the molecule is COC(=O)C(NC(=O)N1CCOCC1CC(=O)O)C(C)C. The maximum atomic E-state index is 12.3. The highest BCUT2D eigenvalue weighted by Gasteiger charge is 2.32. The second-order valence-corrected chi connectivity index (χ2v) is 5.21. The topological polar surface area (TPSA) is 105 Å². The van der Waals surface area contributed by atoms with Gasteiger partial charge in [-0.2, -0.15) is 0 Å². The van der Waals surface area contributed by atoms with E-state index < -0.39 is 30.1 Å². The Kier molecular flexibility index (Phi) is 6.41. The highest BCUT2D eigenvalue weighted by molar-refractivity contribution is 5.84. The van der Waals surface area contributed by atoms with E-state index in [1.54, 1.807) is 13.8 Å². The van der Waals surface area contributed by atoms with Crippen molar-refractivity contribution in [3.05, 3.63) is 0 Å². The van der Waals surface area contributed by atoms with E-state index in [2.05, 4.69) is 10.1 Å². The Morgan fingerprint density at radius 3 is 2.62 bits per heavy atom. The summed E-state index contributed by atoms with van der Waals surface area (Å²) < 4.78 is 9.87. The number of carbonyl (C=O) groups is 3. The van der Waals surface area contributed by atoms with Crippen molar-refractivity contribution in [3.63, 3.8) is 0 Å². The first-order valence-electron chi connectivity index (χ1n) is 6.81. The van der Waals surface area contributed by atoms with Gasteiger partial charge in [-0.05, 0) is 5.92 Å². The first-order valence-corrected chi connectivity index (χ1v) is 6.81. The van der Waals surface area contributed by atoms with Crippen LogP contribution in [0.15, 0.2) is 0 Å². The number of carboxylic acids is 1. The summed E-state index contributed by atoms with van der Waals surface area (Å²) in [6.45, 7) is 4.37. The van der Waals surface area contributed by atoms with Crippen molar-refractivity contribution in [1.29, 1.82) is 0 Å². The van der Waals surface area contributed by atoms with Gasteiger partial charge in [-0.3, -0.25) is 4.79 Å². The van der Waals surface area contributed by atoms with E-state index in [-0.39, 0.29) is 25.5 Å². The van der Waals surface area contributed by atoms with Crippen LogP contribution in [0.4, 0.5) is 4.79 Å². The van der Waals surface area contributed by atoms with Crippen LogP contribution in [0, 0.1) is 5.92 Å². The molecule has 2 unspecified atom stereocenters. The first kappa shape index (κ1) is 17.2. The molecule has 1 heterocycles. The third-order valence-electron chi connectivity index (χ3n) is 3.30. The number of nitrogens with zero attached hydrogens (tertiary/aromatic N) is 1. The number of urea groups is 1. The number of ether oxygens (including phenoxy) is 2. The van der Waals surface area contributed by atoms with Crippen molar-refractivity contribution in [2.75, 3.05) is 26.9 Å². The van der Waals surface area contributed by atoms with Crippen LogP contribution in [0.5, 0.6) is 0 Å². The number of aliphatic carboxylic acids is 1. The summed E-state index contributed by atoms with van der Waals surface area (Å²) in [5.74, 6) is -1.67. The molecule has 1 aliphatic rings. The number of morpholine rings is 1. The number of hydrogen-bond donors (Lipinski definition) is 2. The predicted octanol–water partition coefficient (Wildman–Crippen LogP) is 0.0691. The molecule has 0 aromatic rings. The number of methoxy groups -OCH3 is 1. The Labute approximate surface area is 123 Å². The quantitative estimate of drug-likeness (QED) is 0.696. The van der Waals surface area contributed by atoms with Gasteiger partial charge in [0.2, 0.25) is 0 Å². The van der Waals surface area contributed by atoms with E-state index in [9.17, 15) is 14.4 Å². The molecule has 1 aliphatic heterocycles. The fraction of sp³-hybridized carbons (Fsp3) is 0.769. The van der Waals surface area contributed by atoms with Gasteiger partial charge in [0, 0.05) is 6.54 Å². The molecule has 0 bridgehead atoms. The van der Waals surface area contributed by atoms with Crippen LogP contribution in [0.25, 0.3) is 0 Å². The summed E-state index contributed by atoms with van der Waals surface area (Å²) in [4.78, 5) is 36.2. The van der Waals surface area contributed by atoms with Crippen LogP contribution in [-0.4, -0.2) is 66.9 Å². The van der Waals surface area contributed by atoms with Crippen molar-refractivity contribution in [3.8, 4) is 0 Å². The van der Waals surface area contributed by atoms with Crippen molar-refractivity contribution in [2.24, 2.45) is 5.92 Å². The Hall–Kier alpha value is -1.83. The molecule has 21 heavy (non-hydrogen) atoms. The van der Waals surface area contributed by atoms with Crippen molar-refractivity contribution in [1.82, 2.24) is 10.2 Å². The van der Waals surface area contributed by atoms with Crippen LogP contribution in [-0.2, 0) is 19.1 Å². The maximum absolute atomic E-state index is 12.3. The third kappa shape index (κ3) is 4.89. The summed E-state index contributed by atoms with van der Waals surface area (Å²) in [7, 11) is 1.26. The highest BCUT2D eigenvalue weighted by atomic mass is 16.5. The van der Waals surface area contributed by atoms with Gasteiger partial charge in [-0.1, -0.05) is 13.8 Å². The molecule has 1 saturated heterocycles. The molecule has 8 heteroatoms. The minimum absolute atomic E-state index is 0.139. The molecule has 0 aromatic heterocycles. The van der Waals surface area contributed by atoms with E-state index in [0.717, 1.165) is 0 Å². The smallest absolute Gasteiger partial charge is 0.328 e. The average molecular weight is 302 g/mol. The largest absolute Gasteiger partial charge is 0.481 e. The molecule has 120 valence electrons. The highest BCUT2D eigenvalue weighted by Crippen LogP contribution is 2.12. The summed E-state index contributed by atoms with van der Waals surface area (Å²) in [5, 5.41) is 11.5. The van der Waals surface area contributed by atoms with Crippen molar-refractivity contribution in [2.45, 2.75) is 32.4 Å². The van der Waals surface area contributed by atoms with Gasteiger partial charge in [0.15, 0.2) is 0 Å². The molecule has 0 spiro atoms. The molecular weight excluding hydrogens is 280 g/mol.